The smallest absolute Gasteiger partial charge is 0.152 e. The van der Waals surface area contributed by atoms with Crippen LogP contribution >= 0.6 is 11.3 Å². The minimum Gasteiger partial charge on any atom is -0.302 e. The van der Waals surface area contributed by atoms with E-state index in [1.165, 1.54) is 29.8 Å². The van der Waals surface area contributed by atoms with Crippen molar-refractivity contribution in [2.45, 2.75) is 50.1 Å². The summed E-state index contributed by atoms with van der Waals surface area (Å²) in [6.45, 7) is 0. The summed E-state index contributed by atoms with van der Waals surface area (Å²) < 4.78 is 23.9. The van der Waals surface area contributed by atoms with Crippen LogP contribution in [0.5, 0.6) is 0 Å². The molecule has 1 N–H and O–H groups in total. The van der Waals surface area contributed by atoms with Crippen molar-refractivity contribution in [1.82, 2.24) is 10.3 Å². The van der Waals surface area contributed by atoms with Gasteiger partial charge in [-0.2, -0.15) is 0 Å². The molecule has 2 aliphatic carbocycles. The summed E-state index contributed by atoms with van der Waals surface area (Å²) in [5, 5.41) is 4.63. The topological polar surface area (TPSA) is 59.1 Å². The number of sulfone groups is 1. The van der Waals surface area contributed by atoms with Crippen LogP contribution in [-0.4, -0.2) is 30.9 Å². The van der Waals surface area contributed by atoms with Crippen molar-refractivity contribution in [2.75, 3.05) is 11.5 Å². The van der Waals surface area contributed by atoms with Crippen molar-refractivity contribution < 1.29 is 8.42 Å². The van der Waals surface area contributed by atoms with Crippen LogP contribution in [-0.2, 0) is 28.2 Å². The summed E-state index contributed by atoms with van der Waals surface area (Å²) in [4.78, 5) is 6.17. The Morgan fingerprint density at radius 2 is 2.16 bits per heavy atom. The molecule has 4 rings (SSSR count). The van der Waals surface area contributed by atoms with E-state index in [-0.39, 0.29) is 11.3 Å². The van der Waals surface area contributed by atoms with Crippen molar-refractivity contribution in [3.05, 3.63) is 15.6 Å². The maximum Gasteiger partial charge on any atom is 0.152 e. The average molecular weight is 298 g/mol. The largest absolute Gasteiger partial charge is 0.302 e. The molecule has 1 saturated heterocycles. The van der Waals surface area contributed by atoms with Gasteiger partial charge in [0.05, 0.1) is 22.7 Å². The lowest BCUT2D eigenvalue weighted by Gasteiger charge is -2.27. The van der Waals surface area contributed by atoms with E-state index in [1.807, 2.05) is 0 Å². The molecule has 2 heterocycles. The first kappa shape index (κ1) is 12.3. The van der Waals surface area contributed by atoms with Crippen LogP contribution in [0.25, 0.3) is 0 Å². The van der Waals surface area contributed by atoms with E-state index in [0.717, 1.165) is 17.8 Å². The number of rotatable bonds is 3. The minimum absolute atomic E-state index is 0.239. The van der Waals surface area contributed by atoms with E-state index in [4.69, 9.17) is 4.98 Å². The van der Waals surface area contributed by atoms with E-state index in [9.17, 15) is 8.42 Å². The first-order valence-corrected chi connectivity index (χ1v) is 9.67. The van der Waals surface area contributed by atoms with Crippen LogP contribution in [0.3, 0.4) is 0 Å². The highest BCUT2D eigenvalue weighted by Crippen LogP contribution is 2.41. The fourth-order valence-corrected chi connectivity index (χ4v) is 6.55. The zero-order chi connectivity index (χ0) is 13.1. The highest BCUT2D eigenvalue weighted by Gasteiger charge is 2.48. The van der Waals surface area contributed by atoms with Gasteiger partial charge in [0.2, 0.25) is 0 Å². The van der Waals surface area contributed by atoms with Gasteiger partial charge in [0.15, 0.2) is 9.84 Å². The molecule has 0 aromatic carbocycles. The highest BCUT2D eigenvalue weighted by atomic mass is 32.2. The standard InChI is InChI=1S/C13H18N2O2S2/c16-19(17)7-6-13(8-19,15-9-4-5-9)12-14-10-2-1-3-11(10)18-12/h9,15H,1-8H2. The van der Waals surface area contributed by atoms with E-state index in [1.54, 1.807) is 11.3 Å². The monoisotopic (exact) mass is 298 g/mol. The van der Waals surface area contributed by atoms with Crippen molar-refractivity contribution in [3.8, 4) is 0 Å². The second-order valence-corrected chi connectivity index (χ2v) is 9.35. The molecule has 4 nitrogen and oxygen atoms in total. The summed E-state index contributed by atoms with van der Waals surface area (Å²) in [6.07, 6.45) is 6.44. The third-order valence-electron chi connectivity index (χ3n) is 4.37. The molecular formula is C13H18N2O2S2. The van der Waals surface area contributed by atoms with Gasteiger partial charge in [0.1, 0.15) is 5.01 Å². The molecule has 2 fully saturated rings. The minimum atomic E-state index is -2.91. The zero-order valence-electron chi connectivity index (χ0n) is 10.8. The normalized spacial score (nSPS) is 32.6. The summed E-state index contributed by atoms with van der Waals surface area (Å²) in [5.41, 5.74) is 0.843. The van der Waals surface area contributed by atoms with Crippen LogP contribution in [0.15, 0.2) is 0 Å². The second-order valence-electron chi connectivity index (χ2n) is 6.09. The number of aromatic nitrogens is 1. The van der Waals surface area contributed by atoms with Gasteiger partial charge >= 0.3 is 0 Å². The Bertz CT molecular complexity index is 597. The summed E-state index contributed by atoms with van der Waals surface area (Å²) in [6, 6.07) is 0.507. The molecule has 0 amide bonds. The maximum atomic E-state index is 11.9. The lowest BCUT2D eigenvalue weighted by atomic mass is 9.99. The third kappa shape index (κ3) is 2.14. The van der Waals surface area contributed by atoms with Crippen molar-refractivity contribution >= 4 is 21.2 Å². The number of nitrogens with one attached hydrogen (secondary N) is 1. The van der Waals surface area contributed by atoms with Crippen molar-refractivity contribution in [2.24, 2.45) is 0 Å². The molecule has 104 valence electrons. The Balaban J connectivity index is 1.72. The van der Waals surface area contributed by atoms with E-state index < -0.39 is 9.84 Å². The maximum absolute atomic E-state index is 11.9. The lowest BCUT2D eigenvalue weighted by Crippen LogP contribution is -2.44. The molecule has 1 aromatic heterocycles. The number of hydrogen-bond acceptors (Lipinski definition) is 5. The van der Waals surface area contributed by atoms with Gasteiger partial charge in [-0.15, -0.1) is 11.3 Å². The highest BCUT2D eigenvalue weighted by molar-refractivity contribution is 7.91. The number of hydrogen-bond donors (Lipinski definition) is 1. The average Bonchev–Trinajstić information content (AvgIpc) is 2.76. The third-order valence-corrected chi connectivity index (χ3v) is 7.49. The number of thiazole rings is 1. The number of nitrogens with zero attached hydrogens (tertiary/aromatic N) is 1. The molecule has 3 aliphatic rings. The molecule has 1 aromatic rings. The summed E-state index contributed by atoms with van der Waals surface area (Å²) >= 11 is 1.75. The summed E-state index contributed by atoms with van der Waals surface area (Å²) in [5.74, 6) is 0.542. The van der Waals surface area contributed by atoms with Crippen LogP contribution in [0.1, 0.15) is 41.3 Å². The predicted molar refractivity (Wildman–Crippen MR) is 75.2 cm³/mol. The fraction of sp³-hybridized carbons (Fsp3) is 0.769. The van der Waals surface area contributed by atoms with Gasteiger partial charge in [-0.05, 0) is 38.5 Å². The Morgan fingerprint density at radius 3 is 2.79 bits per heavy atom. The van der Waals surface area contributed by atoms with Crippen LogP contribution in [0.2, 0.25) is 0 Å². The SMILES string of the molecule is O=S1(=O)CCC(NC2CC2)(c2nc3c(s2)CCC3)C1. The van der Waals surface area contributed by atoms with Crippen LogP contribution in [0.4, 0.5) is 0 Å². The van der Waals surface area contributed by atoms with Crippen LogP contribution < -0.4 is 5.32 Å². The van der Waals surface area contributed by atoms with E-state index in [0.29, 0.717) is 18.2 Å². The molecule has 1 aliphatic heterocycles. The van der Waals surface area contributed by atoms with Gasteiger partial charge < -0.3 is 5.32 Å². The molecule has 1 atom stereocenters. The first-order chi connectivity index (χ1) is 9.06. The Labute approximate surface area is 117 Å². The molecule has 0 radical (unpaired) electrons. The van der Waals surface area contributed by atoms with Gasteiger partial charge in [0, 0.05) is 10.9 Å². The van der Waals surface area contributed by atoms with Gasteiger partial charge in [0.25, 0.3) is 0 Å². The molecule has 0 spiro atoms. The molecule has 1 saturated carbocycles. The second kappa shape index (κ2) is 4.02. The van der Waals surface area contributed by atoms with Crippen molar-refractivity contribution in [3.63, 3.8) is 0 Å². The fourth-order valence-electron chi connectivity index (χ4n) is 3.21. The predicted octanol–water partition coefficient (Wildman–Crippen LogP) is 1.40. The van der Waals surface area contributed by atoms with Gasteiger partial charge in [-0.3, -0.25) is 0 Å². The number of aryl methyl sites for hydroxylation is 2. The van der Waals surface area contributed by atoms with Gasteiger partial charge in [-0.1, -0.05) is 0 Å². The van der Waals surface area contributed by atoms with Crippen LogP contribution in [0, 0.1) is 0 Å². The molecule has 1 unspecified atom stereocenters. The van der Waals surface area contributed by atoms with E-state index >= 15 is 0 Å². The molecule has 6 heteroatoms. The first-order valence-electron chi connectivity index (χ1n) is 7.04. The van der Waals surface area contributed by atoms with Gasteiger partial charge in [-0.25, -0.2) is 13.4 Å². The zero-order valence-corrected chi connectivity index (χ0v) is 12.4. The Morgan fingerprint density at radius 1 is 1.32 bits per heavy atom. The number of fused-ring (bicyclic) bond motifs is 1. The Hall–Kier alpha value is -0.460. The molecule has 0 bridgehead atoms. The molecular weight excluding hydrogens is 280 g/mol. The molecule has 19 heavy (non-hydrogen) atoms. The lowest BCUT2D eigenvalue weighted by molar-refractivity contribution is 0.369. The quantitative estimate of drug-likeness (QED) is 0.916. The van der Waals surface area contributed by atoms with Crippen molar-refractivity contribution in [1.29, 1.82) is 0 Å². The van der Waals surface area contributed by atoms with E-state index in [2.05, 4.69) is 5.32 Å². The summed E-state index contributed by atoms with van der Waals surface area (Å²) in [7, 11) is -2.91. The Kier molecular flexibility index (Phi) is 2.60.